The third kappa shape index (κ3) is 1.80. The van der Waals surface area contributed by atoms with Crippen molar-refractivity contribution in [1.29, 1.82) is 0 Å². The molecule has 2 heterocycles. The molecule has 70 valence electrons. The number of hydrogen-bond donors (Lipinski definition) is 1. The summed E-state index contributed by atoms with van der Waals surface area (Å²) in [5.41, 5.74) is 7.79. The lowest BCUT2D eigenvalue weighted by Gasteiger charge is -1.93. The topological polar surface area (TPSA) is 43.3 Å². The lowest BCUT2D eigenvalue weighted by molar-refractivity contribution is 0.962. The van der Waals surface area contributed by atoms with Gasteiger partial charge in [0.2, 0.25) is 0 Å². The number of anilines is 1. The van der Waals surface area contributed by atoms with Gasteiger partial charge in [0.1, 0.15) is 5.82 Å². The first-order chi connectivity index (χ1) is 6.27. The molecule has 2 aromatic rings. The maximum atomic E-state index is 5.53. The van der Waals surface area contributed by atoms with E-state index in [-0.39, 0.29) is 0 Å². The standard InChI is InChI=1S/C8H9N3.C2H6/c1-6-3-2-4-11-7(6)5-8(9)10-11;1-2/h2-5H,1H3,(H2,9,10);1-2H3. The maximum Gasteiger partial charge on any atom is 0.146 e. The Morgan fingerprint density at radius 3 is 2.69 bits per heavy atom. The fourth-order valence-corrected chi connectivity index (χ4v) is 1.18. The van der Waals surface area contributed by atoms with Crippen LogP contribution in [-0.4, -0.2) is 9.61 Å². The number of aryl methyl sites for hydroxylation is 1. The summed E-state index contributed by atoms with van der Waals surface area (Å²) >= 11 is 0. The van der Waals surface area contributed by atoms with E-state index in [0.29, 0.717) is 5.82 Å². The molecule has 0 amide bonds. The van der Waals surface area contributed by atoms with Gasteiger partial charge in [-0.05, 0) is 18.6 Å². The van der Waals surface area contributed by atoms with Crippen LogP contribution in [0.3, 0.4) is 0 Å². The van der Waals surface area contributed by atoms with Crippen LogP contribution in [-0.2, 0) is 0 Å². The zero-order chi connectivity index (χ0) is 9.84. The first kappa shape index (κ1) is 9.58. The van der Waals surface area contributed by atoms with Crippen LogP contribution in [0.4, 0.5) is 5.82 Å². The van der Waals surface area contributed by atoms with Gasteiger partial charge in [0, 0.05) is 12.3 Å². The van der Waals surface area contributed by atoms with Crippen LogP contribution < -0.4 is 5.73 Å². The Kier molecular flexibility index (Phi) is 2.90. The molecule has 0 unspecified atom stereocenters. The molecule has 0 aliphatic carbocycles. The summed E-state index contributed by atoms with van der Waals surface area (Å²) in [4.78, 5) is 0. The lowest BCUT2D eigenvalue weighted by atomic mass is 10.2. The van der Waals surface area contributed by atoms with Crippen molar-refractivity contribution in [3.05, 3.63) is 30.0 Å². The molecular weight excluding hydrogens is 162 g/mol. The zero-order valence-electron chi connectivity index (χ0n) is 8.28. The number of pyridine rings is 1. The van der Waals surface area contributed by atoms with Crippen molar-refractivity contribution in [2.75, 3.05) is 5.73 Å². The number of nitrogens with two attached hydrogens (primary N) is 1. The minimum Gasteiger partial charge on any atom is -0.382 e. The Balaban J connectivity index is 0.000000396. The Morgan fingerprint density at radius 1 is 1.38 bits per heavy atom. The molecule has 0 saturated heterocycles. The molecule has 0 spiro atoms. The summed E-state index contributed by atoms with van der Waals surface area (Å²) in [5.74, 6) is 0.569. The summed E-state index contributed by atoms with van der Waals surface area (Å²) in [6.07, 6.45) is 1.89. The fraction of sp³-hybridized carbons (Fsp3) is 0.300. The molecule has 0 saturated carbocycles. The SMILES string of the molecule is CC.Cc1cccn2nc(N)cc12. The Bertz CT molecular complexity index is 390. The van der Waals surface area contributed by atoms with Crippen molar-refractivity contribution in [3.8, 4) is 0 Å². The third-order valence-corrected chi connectivity index (χ3v) is 1.73. The monoisotopic (exact) mass is 177 g/mol. The van der Waals surface area contributed by atoms with Crippen LogP contribution in [0, 0.1) is 6.92 Å². The van der Waals surface area contributed by atoms with E-state index >= 15 is 0 Å². The number of rotatable bonds is 0. The van der Waals surface area contributed by atoms with Crippen molar-refractivity contribution in [2.24, 2.45) is 0 Å². The van der Waals surface area contributed by atoms with Crippen molar-refractivity contribution in [1.82, 2.24) is 9.61 Å². The average Bonchev–Trinajstić information content (AvgIpc) is 2.51. The minimum atomic E-state index is 0.569. The number of nitrogens with zero attached hydrogens (tertiary/aromatic N) is 2. The molecule has 0 aliphatic heterocycles. The van der Waals surface area contributed by atoms with Crippen LogP contribution in [0.1, 0.15) is 19.4 Å². The van der Waals surface area contributed by atoms with E-state index in [0.717, 1.165) is 5.52 Å². The van der Waals surface area contributed by atoms with E-state index in [9.17, 15) is 0 Å². The van der Waals surface area contributed by atoms with Crippen molar-refractivity contribution in [3.63, 3.8) is 0 Å². The normalized spacial score (nSPS) is 9.46. The van der Waals surface area contributed by atoms with Gasteiger partial charge < -0.3 is 5.73 Å². The van der Waals surface area contributed by atoms with Crippen LogP contribution in [0.5, 0.6) is 0 Å². The molecule has 2 N–H and O–H groups in total. The predicted molar refractivity (Wildman–Crippen MR) is 55.7 cm³/mol. The van der Waals surface area contributed by atoms with E-state index in [2.05, 4.69) is 5.10 Å². The van der Waals surface area contributed by atoms with Gasteiger partial charge >= 0.3 is 0 Å². The molecular formula is C10H15N3. The van der Waals surface area contributed by atoms with Crippen LogP contribution >= 0.6 is 0 Å². The molecule has 0 fully saturated rings. The number of nitrogen functional groups attached to an aromatic ring is 1. The molecule has 2 aromatic heterocycles. The number of hydrogen-bond acceptors (Lipinski definition) is 2. The lowest BCUT2D eigenvalue weighted by Crippen LogP contribution is -1.88. The molecule has 0 aliphatic rings. The van der Waals surface area contributed by atoms with Gasteiger partial charge in [0.15, 0.2) is 0 Å². The van der Waals surface area contributed by atoms with Crippen molar-refractivity contribution < 1.29 is 0 Å². The Labute approximate surface area is 78.2 Å². The molecule has 0 aromatic carbocycles. The first-order valence-electron chi connectivity index (χ1n) is 4.48. The highest BCUT2D eigenvalue weighted by atomic mass is 15.2. The molecule has 0 radical (unpaired) electrons. The van der Waals surface area contributed by atoms with E-state index in [1.807, 2.05) is 45.2 Å². The van der Waals surface area contributed by atoms with E-state index in [4.69, 9.17) is 5.73 Å². The smallest absolute Gasteiger partial charge is 0.146 e. The second-order valence-electron chi connectivity index (χ2n) is 2.59. The summed E-state index contributed by atoms with van der Waals surface area (Å²) in [6, 6.07) is 5.86. The summed E-state index contributed by atoms with van der Waals surface area (Å²) in [6.45, 7) is 6.04. The van der Waals surface area contributed by atoms with Gasteiger partial charge in [-0.3, -0.25) is 0 Å². The van der Waals surface area contributed by atoms with Gasteiger partial charge in [-0.2, -0.15) is 5.10 Å². The second-order valence-corrected chi connectivity index (χ2v) is 2.59. The second kappa shape index (κ2) is 3.94. The number of fused-ring (bicyclic) bond motifs is 1. The molecule has 3 heteroatoms. The van der Waals surface area contributed by atoms with Gasteiger partial charge in [-0.25, -0.2) is 4.52 Å². The summed E-state index contributed by atoms with van der Waals surface area (Å²) in [7, 11) is 0. The van der Waals surface area contributed by atoms with Crippen LogP contribution in [0.15, 0.2) is 24.4 Å². The first-order valence-corrected chi connectivity index (χ1v) is 4.48. The molecule has 2 rings (SSSR count). The largest absolute Gasteiger partial charge is 0.382 e. The average molecular weight is 177 g/mol. The van der Waals surface area contributed by atoms with Crippen molar-refractivity contribution in [2.45, 2.75) is 20.8 Å². The molecule has 13 heavy (non-hydrogen) atoms. The highest BCUT2D eigenvalue weighted by molar-refractivity contribution is 5.58. The van der Waals surface area contributed by atoms with Gasteiger partial charge in [0.25, 0.3) is 0 Å². The predicted octanol–water partition coefficient (Wildman–Crippen LogP) is 2.25. The molecule has 3 nitrogen and oxygen atoms in total. The number of aromatic nitrogens is 2. The highest BCUT2D eigenvalue weighted by Crippen LogP contribution is 2.11. The van der Waals surface area contributed by atoms with Crippen molar-refractivity contribution >= 4 is 11.3 Å². The van der Waals surface area contributed by atoms with E-state index in [1.54, 1.807) is 4.52 Å². The van der Waals surface area contributed by atoms with Gasteiger partial charge in [-0.1, -0.05) is 19.9 Å². The van der Waals surface area contributed by atoms with Crippen LogP contribution in [0.2, 0.25) is 0 Å². The maximum absolute atomic E-state index is 5.53. The Hall–Kier alpha value is -1.51. The van der Waals surface area contributed by atoms with Gasteiger partial charge in [-0.15, -0.1) is 0 Å². The van der Waals surface area contributed by atoms with Crippen LogP contribution in [0.25, 0.3) is 5.52 Å². The Morgan fingerprint density at radius 2 is 2.08 bits per heavy atom. The van der Waals surface area contributed by atoms with Gasteiger partial charge in [0.05, 0.1) is 5.52 Å². The quantitative estimate of drug-likeness (QED) is 0.670. The molecule has 0 atom stereocenters. The highest BCUT2D eigenvalue weighted by Gasteiger charge is 1.98. The zero-order valence-corrected chi connectivity index (χ0v) is 8.28. The molecule has 0 bridgehead atoms. The van der Waals surface area contributed by atoms with E-state index in [1.165, 1.54) is 5.56 Å². The minimum absolute atomic E-state index is 0.569. The summed E-state index contributed by atoms with van der Waals surface area (Å²) < 4.78 is 1.78. The third-order valence-electron chi connectivity index (χ3n) is 1.73. The summed E-state index contributed by atoms with van der Waals surface area (Å²) in [5, 5.41) is 4.07. The van der Waals surface area contributed by atoms with E-state index < -0.39 is 0 Å². The fourth-order valence-electron chi connectivity index (χ4n) is 1.18.